The lowest BCUT2D eigenvalue weighted by Gasteiger charge is -2.16. The summed E-state index contributed by atoms with van der Waals surface area (Å²) >= 11 is 5.92. The van der Waals surface area contributed by atoms with Gasteiger partial charge in [-0.1, -0.05) is 11.6 Å². The Morgan fingerprint density at radius 3 is 2.38 bits per heavy atom. The number of carbonyl (C=O) groups is 1. The van der Waals surface area contributed by atoms with Crippen LogP contribution in [-0.4, -0.2) is 25.2 Å². The van der Waals surface area contributed by atoms with E-state index in [2.05, 4.69) is 4.98 Å². The molecule has 128 valence electrons. The van der Waals surface area contributed by atoms with Crippen molar-refractivity contribution in [2.45, 2.75) is 13.1 Å². The van der Waals surface area contributed by atoms with Gasteiger partial charge in [-0.3, -0.25) is 0 Å². The minimum Gasteiger partial charge on any atom is -0.496 e. The van der Waals surface area contributed by atoms with Crippen LogP contribution in [0, 0.1) is 6.92 Å². The monoisotopic (exact) mass is 359 g/mol. The molecular formula is C16H13ClF3NO3. The minimum absolute atomic E-state index is 0.0273. The summed E-state index contributed by atoms with van der Waals surface area (Å²) in [7, 11) is 2.49. The first-order valence-electron chi connectivity index (χ1n) is 6.70. The zero-order valence-corrected chi connectivity index (χ0v) is 13.7. The second-order valence-electron chi connectivity index (χ2n) is 4.86. The summed E-state index contributed by atoms with van der Waals surface area (Å²) < 4.78 is 48.9. The number of esters is 1. The fraction of sp³-hybridized carbons (Fsp3) is 0.250. The normalized spacial score (nSPS) is 11.3. The molecule has 0 aliphatic rings. The molecule has 0 aliphatic carbocycles. The molecule has 0 atom stereocenters. The molecule has 0 fully saturated rings. The van der Waals surface area contributed by atoms with Gasteiger partial charge in [0.05, 0.1) is 31.0 Å². The first-order valence-corrected chi connectivity index (χ1v) is 7.08. The molecule has 4 nitrogen and oxygen atoms in total. The Bertz CT molecular complexity index is 791. The topological polar surface area (TPSA) is 48.4 Å². The average molecular weight is 360 g/mol. The largest absolute Gasteiger partial charge is 0.496 e. The lowest BCUT2D eigenvalue weighted by molar-refractivity contribution is -0.137. The van der Waals surface area contributed by atoms with Gasteiger partial charge in [-0.2, -0.15) is 13.2 Å². The van der Waals surface area contributed by atoms with Gasteiger partial charge >= 0.3 is 12.1 Å². The average Bonchev–Trinajstić information content (AvgIpc) is 2.52. The van der Waals surface area contributed by atoms with E-state index in [0.29, 0.717) is 0 Å². The number of aromatic nitrogens is 1. The molecule has 0 amide bonds. The van der Waals surface area contributed by atoms with Crippen molar-refractivity contribution in [2.75, 3.05) is 14.2 Å². The number of methoxy groups -OCH3 is 2. The van der Waals surface area contributed by atoms with Crippen LogP contribution in [0.4, 0.5) is 13.2 Å². The number of benzene rings is 1. The highest BCUT2D eigenvalue weighted by molar-refractivity contribution is 6.30. The molecule has 1 aromatic carbocycles. The first kappa shape index (κ1) is 18.1. The Labute approximate surface area is 141 Å². The summed E-state index contributed by atoms with van der Waals surface area (Å²) in [6, 6.07) is 4.29. The van der Waals surface area contributed by atoms with Gasteiger partial charge in [0.2, 0.25) is 0 Å². The number of hydrogen-bond acceptors (Lipinski definition) is 4. The van der Waals surface area contributed by atoms with E-state index >= 15 is 0 Å². The lowest BCUT2D eigenvalue weighted by atomic mass is 9.96. The van der Waals surface area contributed by atoms with E-state index in [0.717, 1.165) is 12.1 Å². The summed E-state index contributed by atoms with van der Waals surface area (Å²) in [6.07, 6.45) is -4.54. The minimum atomic E-state index is -4.54. The van der Waals surface area contributed by atoms with Crippen molar-refractivity contribution >= 4 is 17.6 Å². The summed E-state index contributed by atoms with van der Waals surface area (Å²) in [5, 5.41) is 0.0367. The van der Waals surface area contributed by atoms with Gasteiger partial charge in [0.15, 0.2) is 0 Å². The van der Waals surface area contributed by atoms with E-state index in [1.165, 1.54) is 33.3 Å². The molecule has 2 aromatic rings. The van der Waals surface area contributed by atoms with E-state index < -0.39 is 17.7 Å². The van der Waals surface area contributed by atoms with Crippen molar-refractivity contribution in [3.05, 3.63) is 46.2 Å². The van der Waals surface area contributed by atoms with Gasteiger partial charge in [0.25, 0.3) is 0 Å². The summed E-state index contributed by atoms with van der Waals surface area (Å²) in [6.45, 7) is 1.52. The maximum absolute atomic E-state index is 13.0. The van der Waals surface area contributed by atoms with Gasteiger partial charge < -0.3 is 9.47 Å². The SMILES string of the molecule is COC(=O)c1c(-c2cc(C(F)(F)F)ccc2OC)cc(Cl)nc1C. The highest BCUT2D eigenvalue weighted by Crippen LogP contribution is 2.39. The summed E-state index contributed by atoms with van der Waals surface area (Å²) in [4.78, 5) is 16.0. The van der Waals surface area contributed by atoms with Gasteiger partial charge in [0.1, 0.15) is 10.9 Å². The van der Waals surface area contributed by atoms with E-state index in [-0.39, 0.29) is 33.3 Å². The number of nitrogens with zero attached hydrogens (tertiary/aromatic N) is 1. The van der Waals surface area contributed by atoms with Crippen LogP contribution in [0.5, 0.6) is 5.75 Å². The number of aryl methyl sites for hydroxylation is 1. The number of pyridine rings is 1. The van der Waals surface area contributed by atoms with Crippen molar-refractivity contribution in [3.8, 4) is 16.9 Å². The first-order chi connectivity index (χ1) is 11.2. The Balaban J connectivity index is 2.82. The van der Waals surface area contributed by atoms with Crippen LogP contribution in [0.3, 0.4) is 0 Å². The highest BCUT2D eigenvalue weighted by Gasteiger charge is 2.32. The number of rotatable bonds is 3. The van der Waals surface area contributed by atoms with Crippen molar-refractivity contribution < 1.29 is 27.4 Å². The number of alkyl halides is 3. The fourth-order valence-corrected chi connectivity index (χ4v) is 2.54. The van der Waals surface area contributed by atoms with Crippen LogP contribution < -0.4 is 4.74 Å². The Kier molecular flexibility index (Phi) is 5.03. The molecule has 0 unspecified atom stereocenters. The third-order valence-corrected chi connectivity index (χ3v) is 3.57. The second-order valence-corrected chi connectivity index (χ2v) is 5.24. The predicted molar refractivity (Wildman–Crippen MR) is 82.3 cm³/mol. The van der Waals surface area contributed by atoms with Crippen LogP contribution in [0.2, 0.25) is 5.15 Å². The Morgan fingerprint density at radius 2 is 1.83 bits per heavy atom. The van der Waals surface area contributed by atoms with E-state index in [4.69, 9.17) is 21.1 Å². The molecule has 0 bridgehead atoms. The van der Waals surface area contributed by atoms with E-state index in [1.807, 2.05) is 0 Å². The maximum Gasteiger partial charge on any atom is 0.416 e. The van der Waals surface area contributed by atoms with Crippen molar-refractivity contribution in [1.29, 1.82) is 0 Å². The molecule has 0 saturated heterocycles. The van der Waals surface area contributed by atoms with Crippen LogP contribution >= 0.6 is 11.6 Å². The van der Waals surface area contributed by atoms with Gasteiger partial charge in [-0.15, -0.1) is 0 Å². The van der Waals surface area contributed by atoms with Crippen LogP contribution in [0.25, 0.3) is 11.1 Å². The quantitative estimate of drug-likeness (QED) is 0.597. The van der Waals surface area contributed by atoms with E-state index in [1.54, 1.807) is 0 Å². The highest BCUT2D eigenvalue weighted by atomic mass is 35.5. The third-order valence-electron chi connectivity index (χ3n) is 3.38. The predicted octanol–water partition coefficient (Wildman–Crippen LogP) is 4.52. The number of halogens is 4. The van der Waals surface area contributed by atoms with Crippen LogP contribution in [0.15, 0.2) is 24.3 Å². The fourth-order valence-electron chi connectivity index (χ4n) is 2.30. The van der Waals surface area contributed by atoms with Crippen LogP contribution in [-0.2, 0) is 10.9 Å². The van der Waals surface area contributed by atoms with Crippen molar-refractivity contribution in [1.82, 2.24) is 4.98 Å². The Morgan fingerprint density at radius 1 is 1.17 bits per heavy atom. The smallest absolute Gasteiger partial charge is 0.416 e. The molecule has 1 aromatic heterocycles. The molecular weight excluding hydrogens is 347 g/mol. The van der Waals surface area contributed by atoms with Crippen molar-refractivity contribution in [3.63, 3.8) is 0 Å². The van der Waals surface area contributed by atoms with Gasteiger partial charge in [-0.25, -0.2) is 9.78 Å². The number of carbonyl (C=O) groups excluding carboxylic acids is 1. The van der Waals surface area contributed by atoms with Gasteiger partial charge in [-0.05, 0) is 31.2 Å². The van der Waals surface area contributed by atoms with E-state index in [9.17, 15) is 18.0 Å². The number of hydrogen-bond donors (Lipinski definition) is 0. The van der Waals surface area contributed by atoms with Crippen LogP contribution in [0.1, 0.15) is 21.6 Å². The third kappa shape index (κ3) is 3.46. The molecule has 0 N–H and O–H groups in total. The second kappa shape index (κ2) is 6.68. The number of ether oxygens (including phenoxy) is 2. The lowest BCUT2D eigenvalue weighted by Crippen LogP contribution is -2.10. The maximum atomic E-state index is 13.0. The molecule has 2 rings (SSSR count). The molecule has 0 radical (unpaired) electrons. The molecule has 0 aliphatic heterocycles. The molecule has 8 heteroatoms. The molecule has 1 heterocycles. The molecule has 0 saturated carbocycles. The standard InChI is InChI=1S/C16H13ClF3NO3/c1-8-14(15(22)24-3)11(7-13(17)21-8)10-6-9(16(18,19)20)4-5-12(10)23-2/h4-7H,1-3H3. The van der Waals surface area contributed by atoms with Gasteiger partial charge in [0, 0.05) is 11.1 Å². The molecule has 0 spiro atoms. The summed E-state index contributed by atoms with van der Waals surface area (Å²) in [5.41, 5.74) is -0.384. The summed E-state index contributed by atoms with van der Waals surface area (Å²) in [5.74, 6) is -0.569. The Hall–Kier alpha value is -2.28. The zero-order valence-electron chi connectivity index (χ0n) is 13.0. The zero-order chi connectivity index (χ0) is 18.1. The van der Waals surface area contributed by atoms with Crippen molar-refractivity contribution in [2.24, 2.45) is 0 Å². The molecule has 24 heavy (non-hydrogen) atoms.